The van der Waals surface area contributed by atoms with E-state index in [9.17, 15) is 4.39 Å². The van der Waals surface area contributed by atoms with E-state index in [1.165, 1.54) is 6.07 Å². The molecule has 0 amide bonds. The van der Waals surface area contributed by atoms with Gasteiger partial charge in [-0.2, -0.15) is 0 Å². The summed E-state index contributed by atoms with van der Waals surface area (Å²) in [5.74, 6) is 0.121. The molecule has 0 fully saturated rings. The van der Waals surface area contributed by atoms with Crippen molar-refractivity contribution in [3.8, 4) is 5.75 Å². The molecule has 0 aliphatic carbocycles. The Morgan fingerprint density at radius 1 is 1.28 bits per heavy atom. The van der Waals surface area contributed by atoms with Gasteiger partial charge in [-0.3, -0.25) is 0 Å². The number of nitrogen functional groups attached to an aromatic ring is 1. The third-order valence-electron chi connectivity index (χ3n) is 2.58. The van der Waals surface area contributed by atoms with Gasteiger partial charge in [-0.25, -0.2) is 4.39 Å². The van der Waals surface area contributed by atoms with Gasteiger partial charge >= 0.3 is 0 Å². The highest BCUT2D eigenvalue weighted by molar-refractivity contribution is 6.31. The second-order valence-electron chi connectivity index (χ2n) is 4.04. The number of hydrogen-bond donors (Lipinski definition) is 1. The van der Waals surface area contributed by atoms with Gasteiger partial charge in [0.25, 0.3) is 0 Å². The standard InChI is InChI=1S/C14H13ClFNO/c1-9-5-6-13(12(17)7-9)18-8-10-3-2-4-11(16)14(10)15/h2-7H,8,17H2,1H3. The highest BCUT2D eigenvalue weighted by atomic mass is 35.5. The smallest absolute Gasteiger partial charge is 0.142 e. The fourth-order valence-corrected chi connectivity index (χ4v) is 1.80. The predicted octanol–water partition coefficient (Wildman–Crippen LogP) is 3.95. The Balaban J connectivity index is 2.14. The highest BCUT2D eigenvalue weighted by Crippen LogP contribution is 2.25. The first-order valence-corrected chi connectivity index (χ1v) is 5.87. The normalized spacial score (nSPS) is 10.4. The summed E-state index contributed by atoms with van der Waals surface area (Å²) in [7, 11) is 0. The van der Waals surface area contributed by atoms with E-state index in [2.05, 4.69) is 0 Å². The van der Waals surface area contributed by atoms with Crippen molar-refractivity contribution in [1.82, 2.24) is 0 Å². The van der Waals surface area contributed by atoms with E-state index in [-0.39, 0.29) is 11.6 Å². The Bertz CT molecular complexity index is 572. The maximum atomic E-state index is 13.2. The number of nitrogens with two attached hydrogens (primary N) is 1. The molecule has 2 nitrogen and oxygen atoms in total. The zero-order chi connectivity index (χ0) is 13.1. The predicted molar refractivity (Wildman–Crippen MR) is 71.3 cm³/mol. The van der Waals surface area contributed by atoms with Crippen LogP contribution in [0, 0.1) is 12.7 Å². The van der Waals surface area contributed by atoms with Crippen LogP contribution in [-0.2, 0) is 6.61 Å². The summed E-state index contributed by atoms with van der Waals surface area (Å²) >= 11 is 5.84. The van der Waals surface area contributed by atoms with Crippen LogP contribution < -0.4 is 10.5 Å². The summed E-state index contributed by atoms with van der Waals surface area (Å²) in [6.07, 6.45) is 0. The Hall–Kier alpha value is -1.74. The van der Waals surface area contributed by atoms with Crippen molar-refractivity contribution >= 4 is 17.3 Å². The van der Waals surface area contributed by atoms with E-state index in [0.717, 1.165) is 5.56 Å². The first-order valence-electron chi connectivity index (χ1n) is 5.50. The van der Waals surface area contributed by atoms with Gasteiger partial charge in [0.1, 0.15) is 18.2 Å². The lowest BCUT2D eigenvalue weighted by molar-refractivity contribution is 0.307. The Kier molecular flexibility index (Phi) is 3.72. The minimum Gasteiger partial charge on any atom is -0.487 e. The molecule has 18 heavy (non-hydrogen) atoms. The molecule has 2 rings (SSSR count). The lowest BCUT2D eigenvalue weighted by Gasteiger charge is -2.10. The quantitative estimate of drug-likeness (QED) is 0.853. The van der Waals surface area contributed by atoms with Crippen LogP contribution in [0.5, 0.6) is 5.75 Å². The highest BCUT2D eigenvalue weighted by Gasteiger charge is 2.07. The fourth-order valence-electron chi connectivity index (χ4n) is 1.61. The second-order valence-corrected chi connectivity index (χ2v) is 4.42. The topological polar surface area (TPSA) is 35.2 Å². The molecule has 0 unspecified atom stereocenters. The van der Waals surface area contributed by atoms with Gasteiger partial charge in [0.05, 0.1) is 10.7 Å². The molecule has 0 aliphatic heterocycles. The second kappa shape index (κ2) is 5.27. The maximum absolute atomic E-state index is 13.2. The van der Waals surface area contributed by atoms with Gasteiger partial charge in [0.15, 0.2) is 0 Å². The van der Waals surface area contributed by atoms with E-state index >= 15 is 0 Å². The van der Waals surface area contributed by atoms with Gasteiger partial charge in [0.2, 0.25) is 0 Å². The van der Waals surface area contributed by atoms with E-state index in [1.807, 2.05) is 19.1 Å². The van der Waals surface area contributed by atoms with Crippen molar-refractivity contribution in [3.05, 3.63) is 58.4 Å². The van der Waals surface area contributed by atoms with Crippen molar-refractivity contribution in [3.63, 3.8) is 0 Å². The first-order chi connectivity index (χ1) is 8.58. The average molecular weight is 266 g/mol. The summed E-state index contributed by atoms with van der Waals surface area (Å²) in [5, 5.41) is 0.0863. The number of aryl methyl sites for hydroxylation is 1. The average Bonchev–Trinajstić information content (AvgIpc) is 2.33. The molecule has 4 heteroatoms. The molecule has 0 atom stereocenters. The molecule has 0 saturated heterocycles. The summed E-state index contributed by atoms with van der Waals surface area (Å²) in [4.78, 5) is 0. The third-order valence-corrected chi connectivity index (χ3v) is 3.00. The van der Waals surface area contributed by atoms with Gasteiger partial charge in [-0.15, -0.1) is 0 Å². The molecule has 2 aromatic carbocycles. The van der Waals surface area contributed by atoms with Crippen LogP contribution in [0.15, 0.2) is 36.4 Å². The number of hydrogen-bond acceptors (Lipinski definition) is 2. The van der Waals surface area contributed by atoms with Crippen LogP contribution in [0.3, 0.4) is 0 Å². The molecule has 0 radical (unpaired) electrons. The lowest BCUT2D eigenvalue weighted by atomic mass is 10.2. The molecule has 0 saturated carbocycles. The van der Waals surface area contributed by atoms with Crippen molar-refractivity contribution < 1.29 is 9.13 Å². The van der Waals surface area contributed by atoms with Gasteiger partial charge in [0, 0.05) is 5.56 Å². The zero-order valence-electron chi connectivity index (χ0n) is 9.91. The maximum Gasteiger partial charge on any atom is 0.142 e. The van der Waals surface area contributed by atoms with Crippen LogP contribution in [-0.4, -0.2) is 0 Å². The molecule has 2 aromatic rings. The Labute approximate surface area is 110 Å². The van der Waals surface area contributed by atoms with Crippen LogP contribution in [0.2, 0.25) is 5.02 Å². The monoisotopic (exact) mass is 265 g/mol. The molecule has 0 aromatic heterocycles. The number of ether oxygens (including phenoxy) is 1. The van der Waals surface area contributed by atoms with Crippen LogP contribution in [0.25, 0.3) is 0 Å². The van der Waals surface area contributed by atoms with E-state index in [1.54, 1.807) is 18.2 Å². The van der Waals surface area contributed by atoms with Crippen molar-refractivity contribution in [1.29, 1.82) is 0 Å². The van der Waals surface area contributed by atoms with E-state index in [0.29, 0.717) is 17.0 Å². The van der Waals surface area contributed by atoms with Gasteiger partial charge in [-0.1, -0.05) is 29.8 Å². The number of anilines is 1. The fraction of sp³-hybridized carbons (Fsp3) is 0.143. The van der Waals surface area contributed by atoms with Gasteiger partial charge in [-0.05, 0) is 30.7 Å². The summed E-state index contributed by atoms with van der Waals surface area (Å²) in [5.41, 5.74) is 8.03. The number of halogens is 2. The molecular weight excluding hydrogens is 253 g/mol. The van der Waals surface area contributed by atoms with Crippen molar-refractivity contribution in [2.24, 2.45) is 0 Å². The first kappa shape index (κ1) is 12.7. The van der Waals surface area contributed by atoms with Crippen LogP contribution >= 0.6 is 11.6 Å². The third kappa shape index (κ3) is 2.74. The van der Waals surface area contributed by atoms with Crippen molar-refractivity contribution in [2.75, 3.05) is 5.73 Å². The molecule has 0 aliphatic rings. The number of rotatable bonds is 3. The molecule has 0 bridgehead atoms. The summed E-state index contributed by atoms with van der Waals surface area (Å²) < 4.78 is 18.8. The minimum atomic E-state index is -0.449. The Morgan fingerprint density at radius 2 is 2.06 bits per heavy atom. The summed E-state index contributed by atoms with van der Waals surface area (Å²) in [6, 6.07) is 10.1. The molecular formula is C14H13ClFNO. The van der Waals surface area contributed by atoms with E-state index in [4.69, 9.17) is 22.1 Å². The molecule has 0 spiro atoms. The zero-order valence-corrected chi connectivity index (χ0v) is 10.7. The minimum absolute atomic E-state index is 0.0863. The SMILES string of the molecule is Cc1ccc(OCc2cccc(F)c2Cl)c(N)c1. The summed E-state index contributed by atoms with van der Waals surface area (Å²) in [6.45, 7) is 2.13. The molecule has 0 heterocycles. The Morgan fingerprint density at radius 3 is 2.78 bits per heavy atom. The van der Waals surface area contributed by atoms with E-state index < -0.39 is 5.82 Å². The van der Waals surface area contributed by atoms with Crippen molar-refractivity contribution in [2.45, 2.75) is 13.5 Å². The largest absolute Gasteiger partial charge is 0.487 e. The van der Waals surface area contributed by atoms with Gasteiger partial charge < -0.3 is 10.5 Å². The molecule has 94 valence electrons. The molecule has 2 N–H and O–H groups in total. The van der Waals surface area contributed by atoms with Crippen LogP contribution in [0.4, 0.5) is 10.1 Å². The number of benzene rings is 2. The van der Waals surface area contributed by atoms with Crippen LogP contribution in [0.1, 0.15) is 11.1 Å². The lowest BCUT2D eigenvalue weighted by Crippen LogP contribution is -2.00.